The van der Waals surface area contributed by atoms with E-state index in [0.717, 1.165) is 50.2 Å². The minimum atomic E-state index is -4.05. The van der Waals surface area contributed by atoms with Gasteiger partial charge in [-0.15, -0.1) is 10.2 Å². The molecule has 4 aromatic carbocycles. The van der Waals surface area contributed by atoms with Crippen LogP contribution in [0.4, 0.5) is 22.7 Å². The molecule has 0 atom stereocenters. The Morgan fingerprint density at radius 3 is 1.19 bits per heavy atom. The molecule has 278 valence electrons. The Bertz CT molecular complexity index is 2140. The Morgan fingerprint density at radius 2 is 0.906 bits per heavy atom. The first-order valence-corrected chi connectivity index (χ1v) is 17.5. The van der Waals surface area contributed by atoms with Crippen molar-refractivity contribution in [2.24, 2.45) is 30.7 Å². The molecule has 0 saturated heterocycles. The number of nitrogens with two attached hydrogens (primary N) is 2. The summed E-state index contributed by atoms with van der Waals surface area (Å²) in [7, 11) is -8.10. The number of allylic oxidation sites excluding steroid dienone is 2. The minimum Gasteiger partial charge on any atom is -0.871 e. The zero-order chi connectivity index (χ0) is 38.6. The number of anilines is 2. The molecule has 21 heteroatoms. The zero-order valence-electron chi connectivity index (χ0n) is 27.4. The van der Waals surface area contributed by atoms with Gasteiger partial charge < -0.3 is 31.1 Å². The molecule has 0 aromatic heterocycles. The van der Waals surface area contributed by atoms with E-state index in [2.05, 4.69) is 31.1 Å². The van der Waals surface area contributed by atoms with Crippen molar-refractivity contribution in [1.82, 2.24) is 0 Å². The molecule has 0 saturated carbocycles. The molecule has 0 unspecified atom stereocenters. The Kier molecular flexibility index (Phi) is 15.5. The van der Waals surface area contributed by atoms with E-state index in [1.165, 1.54) is 0 Å². The van der Waals surface area contributed by atoms with Crippen LogP contribution in [0.3, 0.4) is 0 Å². The van der Waals surface area contributed by atoms with Gasteiger partial charge in [0.2, 0.25) is 20.0 Å². The summed E-state index contributed by atoms with van der Waals surface area (Å²) in [6.45, 7) is 2.22. The van der Waals surface area contributed by atoms with E-state index in [1.54, 1.807) is 60.7 Å². The van der Waals surface area contributed by atoms with E-state index < -0.39 is 66.3 Å². The van der Waals surface area contributed by atoms with Crippen LogP contribution in [0.2, 0.25) is 0 Å². The number of rotatable bonds is 12. The van der Waals surface area contributed by atoms with Crippen molar-refractivity contribution in [3.05, 3.63) is 120 Å². The molecule has 0 bridgehead atoms. The largest absolute Gasteiger partial charge is 3.00 e. The van der Waals surface area contributed by atoms with E-state index in [-0.39, 0.29) is 37.9 Å². The van der Waals surface area contributed by atoms with Crippen molar-refractivity contribution in [2.45, 2.75) is 23.6 Å². The molecule has 0 radical (unpaired) electrons. The van der Waals surface area contributed by atoms with Gasteiger partial charge in [-0.05, 0) is 60.3 Å². The molecule has 0 aliphatic rings. The number of primary sulfonamides is 2. The standard InChI is InChI=1S/2C16H16N4O5S.Co/c2*1-10(21)15(16(23)18-11-5-3-2-4-6-11)20-19-13-9-12(26(17,24)25)7-8-14(13)22;/h2*2-9,18,22-23H,1H3,(H2,17,24,25);/q;;+3/p-4/b2*16-15-,20-19?;. The third-order valence-corrected chi connectivity index (χ3v) is 8.02. The molecule has 0 spiro atoms. The monoisotopic (exact) mass is 807 g/mol. The number of sulfonamides is 2. The fourth-order valence-corrected chi connectivity index (χ4v) is 4.75. The van der Waals surface area contributed by atoms with Crippen LogP contribution in [-0.2, 0) is 46.4 Å². The Morgan fingerprint density at radius 1 is 0.585 bits per heavy atom. The van der Waals surface area contributed by atoms with Crippen LogP contribution < -0.4 is 41.3 Å². The second-order valence-electron chi connectivity index (χ2n) is 10.2. The average molecular weight is 808 g/mol. The molecule has 53 heavy (non-hydrogen) atoms. The molecular weight excluding hydrogens is 779 g/mol. The zero-order valence-corrected chi connectivity index (χ0v) is 30.1. The topological polar surface area (TPSA) is 320 Å². The van der Waals surface area contributed by atoms with Crippen LogP contribution in [0, 0.1) is 0 Å². The number of hydrogen-bond donors (Lipinski definition) is 4. The van der Waals surface area contributed by atoms with E-state index in [9.17, 15) is 46.9 Å². The van der Waals surface area contributed by atoms with Gasteiger partial charge >= 0.3 is 16.8 Å². The number of carbonyl (C=O) groups excluding carboxylic acids is 2. The normalized spacial score (nSPS) is 12.5. The maximum Gasteiger partial charge on any atom is 3.00 e. The first kappa shape index (κ1) is 43.2. The van der Waals surface area contributed by atoms with Crippen LogP contribution in [0.25, 0.3) is 0 Å². The van der Waals surface area contributed by atoms with Crippen LogP contribution in [-0.4, -0.2) is 28.4 Å². The fraction of sp³-hybridized carbons (Fsp3) is 0.0625. The number of nitrogens with one attached hydrogen (secondary N) is 2. The first-order chi connectivity index (χ1) is 24.4. The Hall–Kier alpha value is -5.97. The Balaban J connectivity index is 0.000000360. The van der Waals surface area contributed by atoms with Gasteiger partial charge in [-0.25, -0.2) is 27.1 Å². The molecule has 4 aromatic rings. The van der Waals surface area contributed by atoms with E-state index in [4.69, 9.17) is 10.3 Å². The summed E-state index contributed by atoms with van der Waals surface area (Å²) in [4.78, 5) is 22.6. The molecule has 0 heterocycles. The number of nitrogens with zero attached hydrogens (tertiary/aromatic N) is 4. The number of ketones is 2. The average Bonchev–Trinajstić information content (AvgIpc) is 3.06. The molecule has 4 rings (SSSR count). The predicted molar refractivity (Wildman–Crippen MR) is 179 cm³/mol. The van der Waals surface area contributed by atoms with E-state index in [1.807, 2.05) is 0 Å². The number of benzene rings is 4. The summed E-state index contributed by atoms with van der Waals surface area (Å²) in [5.74, 6) is -4.29. The van der Waals surface area contributed by atoms with Gasteiger partial charge in [0.25, 0.3) is 0 Å². The van der Waals surface area contributed by atoms with E-state index >= 15 is 0 Å². The number of Topliss-reactive ketones (excluding diaryl/α,β-unsaturated/α-hetero) is 2. The van der Waals surface area contributed by atoms with Crippen LogP contribution in [0.5, 0.6) is 11.5 Å². The van der Waals surface area contributed by atoms with Crippen molar-refractivity contribution >= 4 is 54.4 Å². The van der Waals surface area contributed by atoms with Gasteiger partial charge in [0.15, 0.2) is 11.6 Å². The molecule has 6 N–H and O–H groups in total. The summed E-state index contributed by atoms with van der Waals surface area (Å²) >= 11 is 0. The van der Waals surface area contributed by atoms with Gasteiger partial charge in [0, 0.05) is 25.2 Å². The predicted octanol–water partition coefficient (Wildman–Crippen LogP) is 1.44. The quantitative estimate of drug-likeness (QED) is 0.0898. The molecule has 18 nitrogen and oxygen atoms in total. The molecule has 0 fully saturated rings. The smallest absolute Gasteiger partial charge is 0.871 e. The van der Waals surface area contributed by atoms with Gasteiger partial charge in [-0.2, -0.15) is 10.2 Å². The first-order valence-electron chi connectivity index (χ1n) is 14.4. The van der Waals surface area contributed by atoms with Crippen LogP contribution >= 0.6 is 0 Å². The number of azo groups is 2. The SMILES string of the molecule is CC(=O)/C(N=Nc1cc(S(N)(=O)=O)ccc1[O-])=C(/[O-])Nc1ccccc1.CC(=O)/C(N=Nc1cc(S(N)(=O)=O)ccc1[O-])=C(/[O-])Nc1ccccc1.[Co+3]. The van der Waals surface area contributed by atoms with Crippen molar-refractivity contribution in [1.29, 1.82) is 0 Å². The summed E-state index contributed by atoms with van der Waals surface area (Å²) in [5, 5.41) is 76.9. The number of carbonyl (C=O) groups is 2. The van der Waals surface area contributed by atoms with Gasteiger partial charge in [0.05, 0.1) is 21.2 Å². The maximum atomic E-state index is 12.2. The summed E-state index contributed by atoms with van der Waals surface area (Å²) in [6, 6.07) is 22.5. The second-order valence-corrected chi connectivity index (χ2v) is 13.3. The summed E-state index contributed by atoms with van der Waals surface area (Å²) in [5.41, 5.74) is -0.964. The minimum absolute atomic E-state index is 0. The molecular formula is C32H28CoN8O10S2-. The molecule has 0 aliphatic heterocycles. The second kappa shape index (κ2) is 19.0. The third kappa shape index (κ3) is 13.3. The van der Waals surface area contributed by atoms with Crippen molar-refractivity contribution < 1.29 is 63.6 Å². The van der Waals surface area contributed by atoms with Gasteiger partial charge in [0.1, 0.15) is 11.4 Å². The summed E-state index contributed by atoms with van der Waals surface area (Å²) < 4.78 is 45.3. The van der Waals surface area contributed by atoms with Crippen LogP contribution in [0.15, 0.2) is 150 Å². The number of para-hydroxylation sites is 2. The van der Waals surface area contributed by atoms with Crippen molar-refractivity contribution in [2.75, 3.05) is 10.6 Å². The summed E-state index contributed by atoms with van der Waals surface area (Å²) in [6.07, 6.45) is 0. The van der Waals surface area contributed by atoms with Gasteiger partial charge in [-0.3, -0.25) is 9.59 Å². The maximum absolute atomic E-state index is 12.2. The van der Waals surface area contributed by atoms with Gasteiger partial charge in [-0.1, -0.05) is 60.0 Å². The third-order valence-electron chi connectivity index (χ3n) is 6.19. The van der Waals surface area contributed by atoms with E-state index in [0.29, 0.717) is 11.4 Å². The molecule has 0 amide bonds. The van der Waals surface area contributed by atoms with Crippen LogP contribution in [0.1, 0.15) is 13.8 Å². The fourth-order valence-electron chi connectivity index (χ4n) is 3.69. The van der Waals surface area contributed by atoms with Crippen molar-refractivity contribution in [3.63, 3.8) is 0 Å². The van der Waals surface area contributed by atoms with Crippen molar-refractivity contribution in [3.8, 4) is 11.5 Å². The number of hydrogen-bond acceptors (Lipinski definition) is 16. The molecule has 0 aliphatic carbocycles. The Labute approximate surface area is 313 Å².